The van der Waals surface area contributed by atoms with Gasteiger partial charge in [-0.05, 0) is 32.3 Å². The van der Waals surface area contributed by atoms with Crippen molar-refractivity contribution in [3.05, 3.63) is 12.3 Å². The molecule has 0 atom stereocenters. The van der Waals surface area contributed by atoms with Gasteiger partial charge in [-0.2, -0.15) is 9.29 Å². The van der Waals surface area contributed by atoms with Gasteiger partial charge in [-0.1, -0.05) is 0 Å². The van der Waals surface area contributed by atoms with Crippen molar-refractivity contribution in [3.8, 4) is 0 Å². The monoisotopic (exact) mass is 339 g/mol. The van der Waals surface area contributed by atoms with Crippen LogP contribution in [0.3, 0.4) is 0 Å². The summed E-state index contributed by atoms with van der Waals surface area (Å²) in [6, 6.07) is 1.91. The molecule has 0 spiro atoms. The largest absolute Gasteiger partial charge is 0.354 e. The summed E-state index contributed by atoms with van der Waals surface area (Å²) < 4.78 is 25.4. The summed E-state index contributed by atoms with van der Waals surface area (Å²) >= 11 is 0. The van der Waals surface area contributed by atoms with E-state index in [1.54, 1.807) is 17.4 Å². The smallest absolute Gasteiger partial charge is 0.227 e. The number of piperazine rings is 1. The number of piperidine rings is 1. The second kappa shape index (κ2) is 7.00. The van der Waals surface area contributed by atoms with Crippen molar-refractivity contribution in [1.29, 1.82) is 0 Å². The van der Waals surface area contributed by atoms with E-state index in [-0.39, 0.29) is 5.75 Å². The van der Waals surface area contributed by atoms with Crippen molar-refractivity contribution in [2.45, 2.75) is 26.2 Å². The van der Waals surface area contributed by atoms with Crippen LogP contribution in [0, 0.1) is 0 Å². The highest BCUT2D eigenvalue weighted by Crippen LogP contribution is 2.20. The number of hydrogen-bond donors (Lipinski definition) is 0. The number of anilines is 2. The Morgan fingerprint density at radius 2 is 1.70 bits per heavy atom. The molecule has 8 heteroatoms. The highest BCUT2D eigenvalue weighted by Gasteiger charge is 2.26. The van der Waals surface area contributed by atoms with Crippen LogP contribution < -0.4 is 9.80 Å². The Balaban J connectivity index is 1.66. The molecule has 3 heterocycles. The van der Waals surface area contributed by atoms with Crippen LogP contribution in [0.25, 0.3) is 0 Å². The summed E-state index contributed by atoms with van der Waals surface area (Å²) in [5, 5.41) is 0. The Morgan fingerprint density at radius 1 is 1.00 bits per heavy atom. The van der Waals surface area contributed by atoms with Crippen molar-refractivity contribution < 1.29 is 8.42 Å². The number of sulfonamides is 1. The maximum Gasteiger partial charge on any atom is 0.227 e. The molecule has 0 radical (unpaired) electrons. The van der Waals surface area contributed by atoms with E-state index in [1.807, 2.05) is 6.07 Å². The molecule has 0 saturated carbocycles. The van der Waals surface area contributed by atoms with Crippen molar-refractivity contribution in [2.75, 3.05) is 54.8 Å². The zero-order valence-electron chi connectivity index (χ0n) is 13.7. The Labute approximate surface area is 138 Å². The minimum atomic E-state index is -3.09. The van der Waals surface area contributed by atoms with Crippen molar-refractivity contribution in [3.63, 3.8) is 0 Å². The summed E-state index contributed by atoms with van der Waals surface area (Å²) in [7, 11) is -3.09. The molecule has 0 aliphatic carbocycles. The molecule has 2 fully saturated rings. The van der Waals surface area contributed by atoms with Crippen LogP contribution in [0.15, 0.2) is 12.3 Å². The maximum absolute atomic E-state index is 11.9. The first kappa shape index (κ1) is 16.4. The first-order chi connectivity index (χ1) is 11.1. The number of nitrogens with zero attached hydrogens (tertiary/aromatic N) is 5. The lowest BCUT2D eigenvalue weighted by Crippen LogP contribution is -2.49. The van der Waals surface area contributed by atoms with Crippen LogP contribution in [-0.4, -0.2) is 67.7 Å². The third kappa shape index (κ3) is 3.74. The van der Waals surface area contributed by atoms with Crippen molar-refractivity contribution in [2.24, 2.45) is 0 Å². The van der Waals surface area contributed by atoms with E-state index >= 15 is 0 Å². The van der Waals surface area contributed by atoms with Crippen LogP contribution in [0.5, 0.6) is 0 Å². The molecule has 3 rings (SSSR count). The second-order valence-electron chi connectivity index (χ2n) is 6.05. The molecule has 0 aromatic carbocycles. The SMILES string of the molecule is CCS(=O)(=O)N1CCN(c2ccnc(N3CCCCC3)n2)CC1. The fourth-order valence-electron chi connectivity index (χ4n) is 3.14. The van der Waals surface area contributed by atoms with E-state index in [9.17, 15) is 8.42 Å². The molecular formula is C15H25N5O2S. The van der Waals surface area contributed by atoms with Gasteiger partial charge >= 0.3 is 0 Å². The molecule has 2 aliphatic rings. The molecule has 1 aromatic rings. The average Bonchev–Trinajstić information content (AvgIpc) is 2.63. The highest BCUT2D eigenvalue weighted by atomic mass is 32.2. The Hall–Kier alpha value is -1.41. The molecular weight excluding hydrogens is 314 g/mol. The summed E-state index contributed by atoms with van der Waals surface area (Å²) in [6.07, 6.45) is 5.48. The summed E-state index contributed by atoms with van der Waals surface area (Å²) in [5.74, 6) is 1.86. The van der Waals surface area contributed by atoms with Crippen LogP contribution in [-0.2, 0) is 10.0 Å². The predicted octanol–water partition coefficient (Wildman–Crippen LogP) is 0.939. The zero-order chi connectivity index (χ0) is 16.3. The molecule has 2 aliphatic heterocycles. The van der Waals surface area contributed by atoms with Gasteiger partial charge in [0.25, 0.3) is 0 Å². The molecule has 1 aromatic heterocycles. The molecule has 2 saturated heterocycles. The lowest BCUT2D eigenvalue weighted by atomic mass is 10.1. The Bertz CT molecular complexity index is 623. The average molecular weight is 339 g/mol. The van der Waals surface area contributed by atoms with Crippen molar-refractivity contribution in [1.82, 2.24) is 14.3 Å². The lowest BCUT2D eigenvalue weighted by Gasteiger charge is -2.35. The maximum atomic E-state index is 11.9. The fraction of sp³-hybridized carbons (Fsp3) is 0.733. The third-order valence-corrected chi connectivity index (χ3v) is 6.47. The normalized spacial score (nSPS) is 20.7. The first-order valence-corrected chi connectivity index (χ1v) is 10.0. The van der Waals surface area contributed by atoms with Gasteiger partial charge in [-0.25, -0.2) is 13.4 Å². The van der Waals surface area contributed by atoms with Crippen molar-refractivity contribution >= 4 is 21.8 Å². The van der Waals surface area contributed by atoms with Gasteiger partial charge in [0.05, 0.1) is 5.75 Å². The van der Waals surface area contributed by atoms with Gasteiger partial charge in [0.2, 0.25) is 16.0 Å². The zero-order valence-corrected chi connectivity index (χ0v) is 14.5. The summed E-state index contributed by atoms with van der Waals surface area (Å²) in [6.45, 7) is 6.14. The highest BCUT2D eigenvalue weighted by molar-refractivity contribution is 7.89. The van der Waals surface area contributed by atoms with Crippen LogP contribution in [0.4, 0.5) is 11.8 Å². The fourth-order valence-corrected chi connectivity index (χ4v) is 4.22. The second-order valence-corrected chi connectivity index (χ2v) is 8.31. The predicted molar refractivity (Wildman–Crippen MR) is 91.3 cm³/mol. The van der Waals surface area contributed by atoms with Crippen LogP contribution >= 0.6 is 0 Å². The quantitative estimate of drug-likeness (QED) is 0.813. The van der Waals surface area contributed by atoms with Gasteiger partial charge in [0.1, 0.15) is 5.82 Å². The standard InChI is InChI=1S/C15H25N5O2S/c1-2-23(21,22)20-12-10-18(11-13-20)14-6-7-16-15(17-14)19-8-4-3-5-9-19/h6-7H,2-5,8-13H2,1H3. The Kier molecular flexibility index (Phi) is 5.01. The van der Waals surface area contributed by atoms with Crippen LogP contribution in [0.1, 0.15) is 26.2 Å². The minimum Gasteiger partial charge on any atom is -0.354 e. The number of aromatic nitrogens is 2. The molecule has 23 heavy (non-hydrogen) atoms. The van der Waals surface area contributed by atoms with E-state index in [0.29, 0.717) is 26.2 Å². The van der Waals surface area contributed by atoms with E-state index < -0.39 is 10.0 Å². The van der Waals surface area contributed by atoms with E-state index in [2.05, 4.69) is 14.8 Å². The lowest BCUT2D eigenvalue weighted by molar-refractivity contribution is 0.384. The summed E-state index contributed by atoms with van der Waals surface area (Å²) in [5.41, 5.74) is 0. The Morgan fingerprint density at radius 3 is 2.35 bits per heavy atom. The molecule has 0 unspecified atom stereocenters. The van der Waals surface area contributed by atoms with Gasteiger partial charge in [-0.3, -0.25) is 0 Å². The van der Waals surface area contributed by atoms with E-state index in [4.69, 9.17) is 4.98 Å². The van der Waals surface area contributed by atoms with E-state index in [1.165, 1.54) is 19.3 Å². The molecule has 0 N–H and O–H groups in total. The van der Waals surface area contributed by atoms with Crippen LogP contribution in [0.2, 0.25) is 0 Å². The van der Waals surface area contributed by atoms with Gasteiger partial charge in [-0.15, -0.1) is 0 Å². The molecule has 7 nitrogen and oxygen atoms in total. The van der Waals surface area contributed by atoms with E-state index in [0.717, 1.165) is 24.9 Å². The van der Waals surface area contributed by atoms with Gasteiger partial charge in [0, 0.05) is 45.5 Å². The van der Waals surface area contributed by atoms with Gasteiger partial charge in [0.15, 0.2) is 0 Å². The van der Waals surface area contributed by atoms with Gasteiger partial charge < -0.3 is 9.80 Å². The minimum absolute atomic E-state index is 0.166. The number of hydrogen-bond acceptors (Lipinski definition) is 6. The molecule has 0 bridgehead atoms. The summed E-state index contributed by atoms with van der Waals surface area (Å²) in [4.78, 5) is 13.5. The molecule has 128 valence electrons. The number of rotatable bonds is 4. The third-order valence-electron chi connectivity index (χ3n) is 4.59. The first-order valence-electron chi connectivity index (χ1n) is 8.41. The topological polar surface area (TPSA) is 69.6 Å². The molecule has 0 amide bonds.